The van der Waals surface area contributed by atoms with Crippen LogP contribution in [0.3, 0.4) is 0 Å². The zero-order valence-electron chi connectivity index (χ0n) is 16.3. The van der Waals surface area contributed by atoms with Gasteiger partial charge in [-0.05, 0) is 34.9 Å². The molecule has 3 aromatic rings. The van der Waals surface area contributed by atoms with Crippen molar-refractivity contribution in [1.82, 2.24) is 5.01 Å². The minimum absolute atomic E-state index is 0.222. The van der Waals surface area contributed by atoms with Gasteiger partial charge in [-0.15, -0.1) is 0 Å². The molecule has 2 atom stereocenters. The fraction of sp³-hybridized carbons (Fsp3) is 0.167. The van der Waals surface area contributed by atoms with Crippen molar-refractivity contribution in [2.45, 2.75) is 18.6 Å². The van der Waals surface area contributed by atoms with Gasteiger partial charge in [0, 0.05) is 23.0 Å². The van der Waals surface area contributed by atoms with Crippen molar-refractivity contribution >= 4 is 39.1 Å². The zero-order valence-corrected chi connectivity index (χ0v) is 18.7. The molecule has 4 rings (SSSR count). The van der Waals surface area contributed by atoms with E-state index in [1.165, 1.54) is 12.1 Å². The third-order valence-electron chi connectivity index (χ3n) is 5.14. The van der Waals surface area contributed by atoms with Gasteiger partial charge in [0.15, 0.2) is 6.10 Å². The molecule has 0 bridgehead atoms. The van der Waals surface area contributed by atoms with Gasteiger partial charge < -0.3 is 4.74 Å². The first-order chi connectivity index (χ1) is 14.6. The van der Waals surface area contributed by atoms with Crippen molar-refractivity contribution < 1.29 is 9.53 Å². The number of amides is 1. The molecule has 3 aromatic carbocycles. The first kappa shape index (κ1) is 20.8. The van der Waals surface area contributed by atoms with E-state index in [9.17, 15) is 4.79 Å². The maximum Gasteiger partial charge on any atom is 0.276 e. The maximum absolute atomic E-state index is 13.5. The molecule has 0 unspecified atom stereocenters. The summed E-state index contributed by atoms with van der Waals surface area (Å²) in [4.78, 5) is 13.5. The Morgan fingerprint density at radius 3 is 2.40 bits per heavy atom. The summed E-state index contributed by atoms with van der Waals surface area (Å²) in [5.41, 5.74) is 3.46. The van der Waals surface area contributed by atoms with Crippen LogP contribution in [0.5, 0.6) is 0 Å². The zero-order chi connectivity index (χ0) is 21.1. The van der Waals surface area contributed by atoms with Crippen LogP contribution in [0.2, 0.25) is 5.02 Å². The topological polar surface area (TPSA) is 41.9 Å². The second-order valence-corrected chi connectivity index (χ2v) is 8.33. The van der Waals surface area contributed by atoms with E-state index in [1.54, 1.807) is 0 Å². The molecule has 0 fully saturated rings. The Labute approximate surface area is 189 Å². The van der Waals surface area contributed by atoms with Gasteiger partial charge in [0.2, 0.25) is 0 Å². The fourth-order valence-corrected chi connectivity index (χ4v) is 4.17. The number of hydrazone groups is 1. The lowest BCUT2D eigenvalue weighted by atomic mass is 9.98. The molecule has 4 nitrogen and oxygen atoms in total. The van der Waals surface area contributed by atoms with E-state index in [2.05, 4.69) is 15.9 Å². The predicted octanol–water partition coefficient (Wildman–Crippen LogP) is 6.17. The van der Waals surface area contributed by atoms with Crippen LogP contribution in [0.15, 0.2) is 88.4 Å². The molecular weight excluding hydrogens is 464 g/mol. The molecule has 0 spiro atoms. The first-order valence-corrected chi connectivity index (χ1v) is 10.7. The van der Waals surface area contributed by atoms with Gasteiger partial charge >= 0.3 is 0 Å². The summed E-state index contributed by atoms with van der Waals surface area (Å²) in [6, 6.07) is 24.6. The Kier molecular flexibility index (Phi) is 6.32. The second-order valence-electron chi connectivity index (χ2n) is 7.00. The molecule has 0 saturated heterocycles. The van der Waals surface area contributed by atoms with Crippen molar-refractivity contribution in [3.8, 4) is 0 Å². The Balaban J connectivity index is 1.74. The SMILES string of the molecule is CO[C@@H](C(=O)N1N=C(c2ccc(Br)cc2)C[C@H]1c1ccccc1Cl)c1ccccc1. The second kappa shape index (κ2) is 9.13. The highest BCUT2D eigenvalue weighted by molar-refractivity contribution is 9.10. The Morgan fingerprint density at radius 1 is 1.07 bits per heavy atom. The maximum atomic E-state index is 13.5. The predicted molar refractivity (Wildman–Crippen MR) is 123 cm³/mol. The van der Waals surface area contributed by atoms with Gasteiger partial charge in [-0.1, -0.05) is 88.2 Å². The summed E-state index contributed by atoms with van der Waals surface area (Å²) in [6.07, 6.45) is -0.174. The molecule has 1 aliphatic heterocycles. The summed E-state index contributed by atoms with van der Waals surface area (Å²) in [7, 11) is 1.54. The molecule has 0 saturated carbocycles. The molecule has 0 aliphatic carbocycles. The van der Waals surface area contributed by atoms with Gasteiger partial charge in [0.25, 0.3) is 5.91 Å². The lowest BCUT2D eigenvalue weighted by Crippen LogP contribution is -2.32. The molecule has 1 heterocycles. The van der Waals surface area contributed by atoms with Crippen molar-refractivity contribution in [1.29, 1.82) is 0 Å². The third-order valence-corrected chi connectivity index (χ3v) is 6.01. The van der Waals surface area contributed by atoms with Crippen molar-refractivity contribution in [3.05, 3.63) is 105 Å². The van der Waals surface area contributed by atoms with Crippen LogP contribution in [0.4, 0.5) is 0 Å². The summed E-state index contributed by atoms with van der Waals surface area (Å²) < 4.78 is 6.57. The van der Waals surface area contributed by atoms with Gasteiger partial charge in [-0.3, -0.25) is 4.79 Å². The minimum atomic E-state index is -0.746. The van der Waals surface area contributed by atoms with Crippen LogP contribution in [-0.4, -0.2) is 23.7 Å². The lowest BCUT2D eigenvalue weighted by molar-refractivity contribution is -0.144. The van der Waals surface area contributed by atoms with Gasteiger partial charge in [-0.2, -0.15) is 5.10 Å². The first-order valence-electron chi connectivity index (χ1n) is 9.57. The molecule has 1 amide bonds. The van der Waals surface area contributed by atoms with Gasteiger partial charge in [0.1, 0.15) is 0 Å². The van der Waals surface area contributed by atoms with E-state index >= 15 is 0 Å². The number of hydrogen-bond donors (Lipinski definition) is 0. The molecule has 0 aromatic heterocycles. The van der Waals surface area contributed by atoms with Crippen LogP contribution in [-0.2, 0) is 9.53 Å². The highest BCUT2D eigenvalue weighted by Crippen LogP contribution is 2.38. The quantitative estimate of drug-likeness (QED) is 0.435. The molecule has 30 heavy (non-hydrogen) atoms. The summed E-state index contributed by atoms with van der Waals surface area (Å²) >= 11 is 9.96. The summed E-state index contributed by atoms with van der Waals surface area (Å²) in [5, 5.41) is 6.87. The fourth-order valence-electron chi connectivity index (χ4n) is 3.65. The summed E-state index contributed by atoms with van der Waals surface area (Å²) in [5.74, 6) is -0.222. The number of methoxy groups -OCH3 is 1. The van der Waals surface area contributed by atoms with Crippen LogP contribution in [0.25, 0.3) is 0 Å². The molecule has 152 valence electrons. The van der Waals surface area contributed by atoms with E-state index in [-0.39, 0.29) is 11.9 Å². The number of benzene rings is 3. The smallest absolute Gasteiger partial charge is 0.276 e. The average Bonchev–Trinajstić information content (AvgIpc) is 3.21. The molecule has 6 heteroatoms. The van der Waals surface area contributed by atoms with Crippen molar-refractivity contribution in [2.75, 3.05) is 7.11 Å². The number of rotatable bonds is 5. The Morgan fingerprint density at radius 2 is 1.73 bits per heavy atom. The van der Waals surface area contributed by atoms with Gasteiger partial charge in [0.05, 0.1) is 11.8 Å². The lowest BCUT2D eigenvalue weighted by Gasteiger charge is -2.26. The number of carbonyl (C=O) groups is 1. The van der Waals surface area contributed by atoms with Crippen LogP contribution < -0.4 is 0 Å². The minimum Gasteiger partial charge on any atom is -0.367 e. The van der Waals surface area contributed by atoms with E-state index in [0.29, 0.717) is 11.4 Å². The van der Waals surface area contributed by atoms with Crippen LogP contribution in [0.1, 0.15) is 35.3 Å². The van der Waals surface area contributed by atoms with Crippen LogP contribution in [0, 0.1) is 0 Å². The number of hydrogen-bond acceptors (Lipinski definition) is 3. The highest BCUT2D eigenvalue weighted by atomic mass is 79.9. The monoisotopic (exact) mass is 482 g/mol. The van der Waals surface area contributed by atoms with E-state index in [1.807, 2.05) is 78.9 Å². The molecule has 0 N–H and O–H groups in total. The molecule has 1 aliphatic rings. The molecular formula is C24H20BrClN2O2. The number of nitrogens with zero attached hydrogens (tertiary/aromatic N) is 2. The Hall–Kier alpha value is -2.47. The van der Waals surface area contributed by atoms with E-state index in [4.69, 9.17) is 21.4 Å². The van der Waals surface area contributed by atoms with E-state index < -0.39 is 6.10 Å². The standard InChI is InChI=1S/C24H20BrClN2O2/c1-30-23(17-7-3-2-4-8-17)24(29)28-22(19-9-5-6-10-20(19)26)15-21(27-28)16-11-13-18(25)14-12-16/h2-14,22-23H,15H2,1H3/t22-,23+/m0/s1. The van der Waals surface area contributed by atoms with Crippen molar-refractivity contribution in [2.24, 2.45) is 5.10 Å². The third kappa shape index (κ3) is 4.19. The van der Waals surface area contributed by atoms with Gasteiger partial charge in [-0.25, -0.2) is 5.01 Å². The summed E-state index contributed by atoms with van der Waals surface area (Å²) in [6.45, 7) is 0. The van der Waals surface area contributed by atoms with Crippen LogP contribution >= 0.6 is 27.5 Å². The molecule has 0 radical (unpaired) electrons. The van der Waals surface area contributed by atoms with E-state index in [0.717, 1.165) is 26.9 Å². The number of halogens is 2. The highest BCUT2D eigenvalue weighted by Gasteiger charge is 2.37. The largest absolute Gasteiger partial charge is 0.367 e. The number of carbonyl (C=O) groups excluding carboxylic acids is 1. The Bertz CT molecular complexity index is 1070. The normalized spacial score (nSPS) is 17.0. The number of ether oxygens (including phenoxy) is 1. The van der Waals surface area contributed by atoms with Crippen molar-refractivity contribution in [3.63, 3.8) is 0 Å². The average molecular weight is 484 g/mol.